The topological polar surface area (TPSA) is 102 Å². The highest BCUT2D eigenvalue weighted by molar-refractivity contribution is 5.93. The summed E-state index contributed by atoms with van der Waals surface area (Å²) < 4.78 is 5.02. The Morgan fingerprint density at radius 1 is 1.18 bits per heavy atom. The van der Waals surface area contributed by atoms with Crippen LogP contribution in [-0.4, -0.2) is 42.5 Å². The zero-order valence-electron chi connectivity index (χ0n) is 16.8. The highest BCUT2D eigenvalue weighted by Gasteiger charge is 2.23. The van der Waals surface area contributed by atoms with Crippen LogP contribution in [0.3, 0.4) is 0 Å². The summed E-state index contributed by atoms with van der Waals surface area (Å²) in [6.45, 7) is 6.93. The lowest BCUT2D eigenvalue weighted by Gasteiger charge is -2.22. The van der Waals surface area contributed by atoms with Gasteiger partial charge in [0.1, 0.15) is 5.69 Å². The SMILES string of the molecule is CC(C)[C@H](C)NC(=O)COC(=O)c1ccc(N2CCCCCC2)c([N+](=O)[O-])c1. The molecule has 1 saturated heterocycles. The van der Waals surface area contributed by atoms with Crippen LogP contribution >= 0.6 is 0 Å². The van der Waals surface area contributed by atoms with Gasteiger partial charge in [0.15, 0.2) is 6.61 Å². The highest BCUT2D eigenvalue weighted by atomic mass is 16.6. The van der Waals surface area contributed by atoms with E-state index in [9.17, 15) is 19.7 Å². The van der Waals surface area contributed by atoms with Crippen LogP contribution in [0.1, 0.15) is 56.8 Å². The first-order chi connectivity index (χ1) is 13.3. The number of ether oxygens (including phenoxy) is 1. The molecule has 1 atom stereocenters. The van der Waals surface area contributed by atoms with Crippen molar-refractivity contribution in [3.05, 3.63) is 33.9 Å². The Hall–Kier alpha value is -2.64. The Bertz CT molecular complexity index is 712. The largest absolute Gasteiger partial charge is 0.452 e. The molecule has 8 heteroatoms. The first-order valence-electron chi connectivity index (χ1n) is 9.79. The van der Waals surface area contributed by atoms with Gasteiger partial charge in [-0.25, -0.2) is 4.79 Å². The van der Waals surface area contributed by atoms with Gasteiger partial charge < -0.3 is 15.0 Å². The third-order valence-electron chi connectivity index (χ3n) is 5.08. The van der Waals surface area contributed by atoms with Crippen molar-refractivity contribution in [2.45, 2.75) is 52.5 Å². The summed E-state index contributed by atoms with van der Waals surface area (Å²) >= 11 is 0. The number of amides is 1. The molecule has 1 fully saturated rings. The molecular formula is C20H29N3O5. The van der Waals surface area contributed by atoms with Crippen LogP contribution in [0.4, 0.5) is 11.4 Å². The zero-order valence-corrected chi connectivity index (χ0v) is 16.8. The molecule has 1 N–H and O–H groups in total. The normalized spacial score (nSPS) is 15.6. The minimum absolute atomic E-state index is 0.0415. The average Bonchev–Trinajstić information content (AvgIpc) is 2.94. The van der Waals surface area contributed by atoms with Crippen LogP contribution in [0, 0.1) is 16.0 Å². The number of carbonyl (C=O) groups is 2. The van der Waals surface area contributed by atoms with Crippen molar-refractivity contribution in [1.82, 2.24) is 5.32 Å². The Morgan fingerprint density at radius 3 is 2.39 bits per heavy atom. The Balaban J connectivity index is 2.07. The van der Waals surface area contributed by atoms with Gasteiger partial charge in [-0.05, 0) is 37.8 Å². The minimum atomic E-state index is -0.752. The molecule has 28 heavy (non-hydrogen) atoms. The van der Waals surface area contributed by atoms with E-state index in [-0.39, 0.29) is 23.2 Å². The molecule has 0 aliphatic carbocycles. The van der Waals surface area contributed by atoms with E-state index >= 15 is 0 Å². The van der Waals surface area contributed by atoms with Crippen molar-refractivity contribution in [3.63, 3.8) is 0 Å². The number of nitrogens with zero attached hydrogens (tertiary/aromatic N) is 2. The van der Waals surface area contributed by atoms with E-state index in [4.69, 9.17) is 4.74 Å². The number of benzene rings is 1. The molecule has 0 unspecified atom stereocenters. The summed E-state index contributed by atoms with van der Waals surface area (Å²) in [6, 6.07) is 4.31. The van der Waals surface area contributed by atoms with Gasteiger partial charge >= 0.3 is 5.97 Å². The third kappa shape index (κ3) is 5.94. The molecule has 154 valence electrons. The molecule has 2 rings (SSSR count). The third-order valence-corrected chi connectivity index (χ3v) is 5.08. The van der Waals surface area contributed by atoms with Crippen molar-refractivity contribution < 1.29 is 19.2 Å². The van der Waals surface area contributed by atoms with Gasteiger partial charge in [0.25, 0.3) is 11.6 Å². The van der Waals surface area contributed by atoms with Crippen LogP contribution in [0.25, 0.3) is 0 Å². The van der Waals surface area contributed by atoms with E-state index in [0.717, 1.165) is 38.8 Å². The number of esters is 1. The summed E-state index contributed by atoms with van der Waals surface area (Å²) in [5.74, 6) is -0.892. The maximum Gasteiger partial charge on any atom is 0.338 e. The molecule has 8 nitrogen and oxygen atoms in total. The summed E-state index contributed by atoms with van der Waals surface area (Å²) in [4.78, 5) is 37.2. The lowest BCUT2D eigenvalue weighted by Crippen LogP contribution is -2.38. The van der Waals surface area contributed by atoms with E-state index in [1.165, 1.54) is 12.1 Å². The first kappa shape index (κ1) is 21.7. The van der Waals surface area contributed by atoms with Crippen LogP contribution in [0.2, 0.25) is 0 Å². The number of nitro groups is 1. The van der Waals surface area contributed by atoms with Gasteiger partial charge in [-0.1, -0.05) is 26.7 Å². The standard InChI is InChI=1S/C20H29N3O5/c1-14(2)15(3)21-19(24)13-28-20(25)16-8-9-17(18(12-16)23(26)27)22-10-6-4-5-7-11-22/h8-9,12,14-15H,4-7,10-11,13H2,1-3H3,(H,21,24)/t15-/m0/s1. The van der Waals surface area contributed by atoms with Gasteiger partial charge in [0, 0.05) is 25.2 Å². The molecule has 1 heterocycles. The molecule has 0 aromatic heterocycles. The summed E-state index contributed by atoms with van der Waals surface area (Å²) in [5.41, 5.74) is 0.469. The van der Waals surface area contributed by atoms with E-state index in [2.05, 4.69) is 5.32 Å². The Morgan fingerprint density at radius 2 is 1.82 bits per heavy atom. The second-order valence-corrected chi connectivity index (χ2v) is 7.54. The van der Waals surface area contributed by atoms with E-state index < -0.39 is 23.4 Å². The molecule has 0 saturated carbocycles. The van der Waals surface area contributed by atoms with Gasteiger partial charge in [0.2, 0.25) is 0 Å². The fourth-order valence-electron chi connectivity index (χ4n) is 3.05. The average molecular weight is 391 g/mol. The quantitative estimate of drug-likeness (QED) is 0.435. The van der Waals surface area contributed by atoms with E-state index in [1.807, 2.05) is 25.7 Å². The van der Waals surface area contributed by atoms with Crippen LogP contribution in [0.15, 0.2) is 18.2 Å². The maximum atomic E-state index is 12.2. The van der Waals surface area contributed by atoms with E-state index in [1.54, 1.807) is 6.07 Å². The number of hydrogen-bond donors (Lipinski definition) is 1. The van der Waals surface area contributed by atoms with Crippen molar-refractivity contribution in [3.8, 4) is 0 Å². The molecule has 0 spiro atoms. The minimum Gasteiger partial charge on any atom is -0.452 e. The molecule has 1 aromatic carbocycles. The predicted octanol–water partition coefficient (Wildman–Crippen LogP) is 3.29. The van der Waals surface area contributed by atoms with Gasteiger partial charge in [-0.15, -0.1) is 0 Å². The number of anilines is 1. The molecule has 1 amide bonds. The molecule has 1 aliphatic rings. The molecule has 0 bridgehead atoms. The second kappa shape index (κ2) is 10.1. The van der Waals surface area contributed by atoms with Crippen molar-refractivity contribution in [2.24, 2.45) is 5.92 Å². The number of nitro benzene ring substituents is 1. The monoisotopic (exact) mass is 391 g/mol. The summed E-state index contributed by atoms with van der Waals surface area (Å²) in [7, 11) is 0. The highest BCUT2D eigenvalue weighted by Crippen LogP contribution is 2.31. The lowest BCUT2D eigenvalue weighted by atomic mass is 10.1. The number of rotatable bonds is 7. The van der Waals surface area contributed by atoms with Crippen molar-refractivity contribution >= 4 is 23.3 Å². The van der Waals surface area contributed by atoms with Gasteiger partial charge in [-0.3, -0.25) is 14.9 Å². The lowest BCUT2D eigenvalue weighted by molar-refractivity contribution is -0.384. The van der Waals surface area contributed by atoms with Gasteiger partial charge in [0.05, 0.1) is 10.5 Å². The van der Waals surface area contributed by atoms with Gasteiger partial charge in [-0.2, -0.15) is 0 Å². The van der Waals surface area contributed by atoms with Crippen molar-refractivity contribution in [2.75, 3.05) is 24.6 Å². The molecule has 0 radical (unpaired) electrons. The zero-order chi connectivity index (χ0) is 20.7. The van der Waals surface area contributed by atoms with Crippen LogP contribution in [-0.2, 0) is 9.53 Å². The summed E-state index contributed by atoms with van der Waals surface area (Å²) in [5, 5.41) is 14.3. The first-order valence-corrected chi connectivity index (χ1v) is 9.79. The van der Waals surface area contributed by atoms with Crippen molar-refractivity contribution in [1.29, 1.82) is 0 Å². The Kier molecular flexibility index (Phi) is 7.78. The fraction of sp³-hybridized carbons (Fsp3) is 0.600. The van der Waals surface area contributed by atoms with Crippen LogP contribution in [0.5, 0.6) is 0 Å². The smallest absolute Gasteiger partial charge is 0.338 e. The second-order valence-electron chi connectivity index (χ2n) is 7.54. The summed E-state index contributed by atoms with van der Waals surface area (Å²) in [6.07, 6.45) is 4.22. The van der Waals surface area contributed by atoms with Crippen LogP contribution < -0.4 is 10.2 Å². The molecule has 1 aliphatic heterocycles. The number of nitrogens with one attached hydrogen (secondary N) is 1. The molecular weight excluding hydrogens is 362 g/mol. The number of hydrogen-bond acceptors (Lipinski definition) is 6. The maximum absolute atomic E-state index is 12.2. The number of carbonyl (C=O) groups excluding carboxylic acids is 2. The van der Waals surface area contributed by atoms with E-state index in [0.29, 0.717) is 5.69 Å². The fourth-order valence-corrected chi connectivity index (χ4v) is 3.05. The Labute approximate surface area is 165 Å². The predicted molar refractivity (Wildman–Crippen MR) is 107 cm³/mol. The molecule has 1 aromatic rings.